The first kappa shape index (κ1) is 20.0. The molecule has 10 nitrogen and oxygen atoms in total. The van der Waals surface area contributed by atoms with Crippen LogP contribution in [0, 0.1) is 12.7 Å². The molecule has 11 heteroatoms. The average Bonchev–Trinajstić information content (AvgIpc) is 3.56. The Kier molecular flexibility index (Phi) is 4.37. The summed E-state index contributed by atoms with van der Waals surface area (Å²) >= 11 is 0. The number of anilines is 1. The molecule has 0 amide bonds. The van der Waals surface area contributed by atoms with Gasteiger partial charge in [-0.15, -0.1) is 0 Å². The van der Waals surface area contributed by atoms with Crippen molar-refractivity contribution in [2.24, 2.45) is 0 Å². The van der Waals surface area contributed by atoms with Crippen LogP contribution in [0.15, 0.2) is 49.4 Å². The summed E-state index contributed by atoms with van der Waals surface area (Å²) < 4.78 is 17.7. The van der Waals surface area contributed by atoms with E-state index in [4.69, 9.17) is 4.98 Å². The number of nitrogens with zero attached hydrogens (tertiary/aromatic N) is 8. The second kappa shape index (κ2) is 7.44. The fourth-order valence-corrected chi connectivity index (χ4v) is 3.92. The van der Waals surface area contributed by atoms with E-state index < -0.39 is 5.82 Å². The number of halogens is 1. The molecular formula is C23H19FN10. The molecule has 6 rings (SSSR count). The van der Waals surface area contributed by atoms with E-state index in [1.54, 1.807) is 24.9 Å². The quantitative estimate of drug-likeness (QED) is 0.417. The number of pyridine rings is 3. The number of H-pyrrole nitrogens is 2. The fraction of sp³-hybridized carbons (Fsp3) is 0.130. The van der Waals surface area contributed by atoms with Gasteiger partial charge in [0.25, 0.3) is 0 Å². The maximum Gasteiger partial charge on any atom is 0.161 e. The summed E-state index contributed by atoms with van der Waals surface area (Å²) in [5.74, 6) is -0.0682. The molecule has 0 saturated heterocycles. The highest BCUT2D eigenvalue weighted by atomic mass is 19.1. The number of nitrogens with one attached hydrogen (secondary N) is 2. The molecule has 0 fully saturated rings. The highest BCUT2D eigenvalue weighted by Gasteiger charge is 2.21. The lowest BCUT2D eigenvalue weighted by Gasteiger charge is -2.13. The normalized spacial score (nSPS) is 11.5. The lowest BCUT2D eigenvalue weighted by atomic mass is 10.1. The summed E-state index contributed by atoms with van der Waals surface area (Å²) in [7, 11) is 3.81. The van der Waals surface area contributed by atoms with Gasteiger partial charge in [-0.2, -0.15) is 5.10 Å². The molecule has 0 aliphatic rings. The first-order valence-corrected chi connectivity index (χ1v) is 10.5. The second-order valence-electron chi connectivity index (χ2n) is 8.14. The van der Waals surface area contributed by atoms with Gasteiger partial charge in [-0.1, -0.05) is 0 Å². The smallest absolute Gasteiger partial charge is 0.161 e. The zero-order valence-electron chi connectivity index (χ0n) is 18.6. The lowest BCUT2D eigenvalue weighted by molar-refractivity contribution is 0.642. The maximum absolute atomic E-state index is 15.9. The molecule has 2 N–H and O–H groups in total. The van der Waals surface area contributed by atoms with Gasteiger partial charge in [0, 0.05) is 50.0 Å². The Morgan fingerprint density at radius 3 is 2.74 bits per heavy atom. The number of fused-ring (bicyclic) bond motifs is 2. The Morgan fingerprint density at radius 1 is 1.06 bits per heavy atom. The molecule has 0 aliphatic heterocycles. The largest absolute Gasteiger partial charge is 0.376 e. The number of aromatic nitrogens is 9. The topological polar surface area (TPSA) is 117 Å². The molecule has 34 heavy (non-hydrogen) atoms. The Labute approximate surface area is 192 Å². The van der Waals surface area contributed by atoms with Crippen LogP contribution in [0.25, 0.3) is 50.5 Å². The summed E-state index contributed by atoms with van der Waals surface area (Å²) in [4.78, 5) is 27.1. The molecule has 0 aromatic carbocycles. The van der Waals surface area contributed by atoms with E-state index in [0.29, 0.717) is 39.5 Å². The van der Waals surface area contributed by atoms with E-state index in [2.05, 4.69) is 35.1 Å². The van der Waals surface area contributed by atoms with Crippen LogP contribution in [0.1, 0.15) is 5.69 Å². The first-order chi connectivity index (χ1) is 16.5. The highest BCUT2D eigenvalue weighted by molar-refractivity contribution is 5.94. The Balaban J connectivity index is 1.52. The van der Waals surface area contributed by atoms with Gasteiger partial charge in [-0.05, 0) is 19.1 Å². The molecule has 0 saturated carbocycles. The molecule has 6 aromatic heterocycles. The molecule has 6 heterocycles. The van der Waals surface area contributed by atoms with Crippen LogP contribution >= 0.6 is 0 Å². The molecule has 0 spiro atoms. The van der Waals surface area contributed by atoms with Gasteiger partial charge >= 0.3 is 0 Å². The molecule has 0 unspecified atom stereocenters. The standard InChI is InChI=1S/C23H19FN10/c1-12-10-34(11-28-12)16-4-5-26-22-19(16)29-23(30-22)20-17-18(24)15(9-27-21(17)32-31-20)13-6-14(33(2)3)8-25-7-13/h4-11H,1-3H3,(H,26,29,30)(H,27,31,32). The van der Waals surface area contributed by atoms with E-state index in [-0.39, 0.29) is 5.39 Å². The van der Waals surface area contributed by atoms with Crippen molar-refractivity contribution in [1.82, 2.24) is 44.7 Å². The van der Waals surface area contributed by atoms with Crippen molar-refractivity contribution in [2.75, 3.05) is 19.0 Å². The van der Waals surface area contributed by atoms with Gasteiger partial charge in [-0.3, -0.25) is 10.1 Å². The fourth-order valence-electron chi connectivity index (χ4n) is 3.92. The van der Waals surface area contributed by atoms with Gasteiger partial charge in [0.2, 0.25) is 0 Å². The Bertz CT molecular complexity index is 1680. The summed E-state index contributed by atoms with van der Waals surface area (Å²) in [6.07, 6.45) is 10.1. The number of hydrogen-bond donors (Lipinski definition) is 2. The third-order valence-corrected chi connectivity index (χ3v) is 5.65. The van der Waals surface area contributed by atoms with Crippen LogP contribution in [0.3, 0.4) is 0 Å². The Hall–Kier alpha value is -4.67. The van der Waals surface area contributed by atoms with Crippen LogP contribution in [-0.4, -0.2) is 58.8 Å². The van der Waals surface area contributed by atoms with Crippen molar-refractivity contribution in [1.29, 1.82) is 0 Å². The van der Waals surface area contributed by atoms with E-state index in [9.17, 15) is 0 Å². The van der Waals surface area contributed by atoms with Crippen LogP contribution < -0.4 is 4.90 Å². The molecule has 0 atom stereocenters. The molecule has 0 aliphatic carbocycles. The van der Waals surface area contributed by atoms with Crippen LogP contribution in [0.5, 0.6) is 0 Å². The predicted molar refractivity (Wildman–Crippen MR) is 126 cm³/mol. The van der Waals surface area contributed by atoms with E-state index in [0.717, 1.165) is 17.1 Å². The van der Waals surface area contributed by atoms with Gasteiger partial charge in [-0.25, -0.2) is 24.3 Å². The Morgan fingerprint density at radius 2 is 1.94 bits per heavy atom. The molecule has 0 radical (unpaired) electrons. The van der Waals surface area contributed by atoms with Crippen LogP contribution in [0.2, 0.25) is 0 Å². The maximum atomic E-state index is 15.9. The lowest BCUT2D eigenvalue weighted by Crippen LogP contribution is -2.08. The van der Waals surface area contributed by atoms with E-state index in [1.807, 2.05) is 48.8 Å². The minimum atomic E-state index is -0.453. The molecule has 0 bridgehead atoms. The van der Waals surface area contributed by atoms with E-state index in [1.165, 1.54) is 6.20 Å². The monoisotopic (exact) mass is 454 g/mol. The number of imidazole rings is 2. The van der Waals surface area contributed by atoms with Crippen molar-refractivity contribution in [3.8, 4) is 28.3 Å². The number of rotatable bonds is 4. The van der Waals surface area contributed by atoms with Gasteiger partial charge in [0.05, 0.1) is 35.0 Å². The SMILES string of the molecule is Cc1cn(-c2ccnc3[nH]c(-c4n[nH]c5ncc(-c6cncc(N(C)C)c6)c(F)c45)nc23)cn1. The third kappa shape index (κ3) is 3.09. The minimum Gasteiger partial charge on any atom is -0.376 e. The third-order valence-electron chi connectivity index (χ3n) is 5.65. The molecule has 6 aromatic rings. The van der Waals surface area contributed by atoms with Crippen molar-refractivity contribution < 1.29 is 4.39 Å². The molecular weight excluding hydrogens is 435 g/mol. The zero-order chi connectivity index (χ0) is 23.4. The van der Waals surface area contributed by atoms with Gasteiger partial charge in [0.1, 0.15) is 17.0 Å². The summed E-state index contributed by atoms with van der Waals surface area (Å²) in [5.41, 5.74) is 5.32. The summed E-state index contributed by atoms with van der Waals surface area (Å²) in [5, 5.41) is 7.37. The number of aromatic amines is 2. The first-order valence-electron chi connectivity index (χ1n) is 10.5. The predicted octanol–water partition coefficient (Wildman–Crippen LogP) is 3.66. The van der Waals surface area contributed by atoms with Crippen molar-refractivity contribution in [2.45, 2.75) is 6.92 Å². The van der Waals surface area contributed by atoms with Crippen molar-refractivity contribution in [3.63, 3.8) is 0 Å². The second-order valence-corrected chi connectivity index (χ2v) is 8.14. The van der Waals surface area contributed by atoms with E-state index >= 15 is 4.39 Å². The number of aryl methyl sites for hydroxylation is 1. The highest BCUT2D eigenvalue weighted by Crippen LogP contribution is 2.33. The molecule has 168 valence electrons. The van der Waals surface area contributed by atoms with Gasteiger partial charge in [0.15, 0.2) is 17.1 Å². The van der Waals surface area contributed by atoms with Crippen LogP contribution in [0.4, 0.5) is 10.1 Å². The van der Waals surface area contributed by atoms with Crippen molar-refractivity contribution >= 4 is 27.9 Å². The van der Waals surface area contributed by atoms with Crippen molar-refractivity contribution in [3.05, 3.63) is 61.0 Å². The summed E-state index contributed by atoms with van der Waals surface area (Å²) in [6, 6.07) is 3.71. The van der Waals surface area contributed by atoms with Gasteiger partial charge < -0.3 is 14.5 Å². The van der Waals surface area contributed by atoms with Crippen LogP contribution in [-0.2, 0) is 0 Å². The summed E-state index contributed by atoms with van der Waals surface area (Å²) in [6.45, 7) is 1.91. The zero-order valence-corrected chi connectivity index (χ0v) is 18.6. The number of hydrogen-bond acceptors (Lipinski definition) is 7. The minimum absolute atomic E-state index is 0.242. The average molecular weight is 454 g/mol.